The van der Waals surface area contributed by atoms with E-state index in [0.717, 1.165) is 23.4 Å². The van der Waals surface area contributed by atoms with Crippen LogP contribution in [0.4, 0.5) is 5.69 Å². The fourth-order valence-corrected chi connectivity index (χ4v) is 3.45. The molecule has 1 aromatic rings. The van der Waals surface area contributed by atoms with Crippen LogP contribution in [-0.4, -0.2) is 11.5 Å². The number of benzene rings is 1. The van der Waals surface area contributed by atoms with Gasteiger partial charge in [-0.2, -0.15) is 0 Å². The lowest BCUT2D eigenvalue weighted by molar-refractivity contribution is -0.136. The molecule has 1 N–H and O–H groups in total. The first-order chi connectivity index (χ1) is 12.3. The van der Waals surface area contributed by atoms with E-state index in [9.17, 15) is 4.79 Å². The maximum atomic E-state index is 13.0. The van der Waals surface area contributed by atoms with Crippen molar-refractivity contribution in [2.45, 2.75) is 46.6 Å². The van der Waals surface area contributed by atoms with Gasteiger partial charge >= 0.3 is 0 Å². The second-order valence-electron chi connectivity index (χ2n) is 7.74. The van der Waals surface area contributed by atoms with Gasteiger partial charge in [0, 0.05) is 18.0 Å². The molecule has 0 aliphatic carbocycles. The van der Waals surface area contributed by atoms with E-state index in [1.807, 2.05) is 55.5 Å². The summed E-state index contributed by atoms with van der Waals surface area (Å²) in [5.41, 5.74) is 1.07. The Morgan fingerprint density at radius 2 is 1.92 bits per heavy atom. The molecule has 26 heavy (non-hydrogen) atoms. The normalized spacial score (nSPS) is 24.8. The zero-order valence-corrected chi connectivity index (χ0v) is 16.6. The van der Waals surface area contributed by atoms with Gasteiger partial charge < -0.3 is 10.1 Å². The Balaban J connectivity index is 2.25. The Morgan fingerprint density at radius 1 is 1.27 bits per heavy atom. The number of ether oxygens (including phenoxy) is 1. The lowest BCUT2D eigenvalue weighted by Crippen LogP contribution is -2.46. The molecule has 0 spiro atoms. The third-order valence-electron chi connectivity index (χ3n) is 5.12. The van der Waals surface area contributed by atoms with Crippen molar-refractivity contribution in [1.82, 2.24) is 0 Å². The summed E-state index contributed by atoms with van der Waals surface area (Å²) in [6, 6.07) is 9.52. The van der Waals surface area contributed by atoms with Gasteiger partial charge in [0.15, 0.2) is 5.60 Å². The number of rotatable bonds is 6. The van der Waals surface area contributed by atoms with Gasteiger partial charge in [-0.15, -0.1) is 0 Å². The highest BCUT2D eigenvalue weighted by Crippen LogP contribution is 2.43. The zero-order valence-electron chi connectivity index (χ0n) is 16.6. The van der Waals surface area contributed by atoms with Crippen LogP contribution in [0.15, 0.2) is 66.5 Å². The molecule has 1 aliphatic rings. The van der Waals surface area contributed by atoms with Crippen molar-refractivity contribution < 1.29 is 9.53 Å². The average Bonchev–Trinajstić information content (AvgIpc) is 2.94. The molecule has 2 atom stereocenters. The molecule has 2 unspecified atom stereocenters. The van der Waals surface area contributed by atoms with E-state index in [1.54, 1.807) is 0 Å². The van der Waals surface area contributed by atoms with Crippen molar-refractivity contribution in [2.75, 3.05) is 5.32 Å². The highest BCUT2D eigenvalue weighted by Gasteiger charge is 2.50. The van der Waals surface area contributed by atoms with Crippen LogP contribution in [0.25, 0.3) is 0 Å². The number of hydrogen-bond acceptors (Lipinski definition) is 2. The van der Waals surface area contributed by atoms with E-state index in [0.29, 0.717) is 11.8 Å². The van der Waals surface area contributed by atoms with Crippen molar-refractivity contribution in [3.63, 3.8) is 0 Å². The fourth-order valence-electron chi connectivity index (χ4n) is 3.45. The number of allylic oxidation sites excluding steroid dienone is 5. The number of carbonyl (C=O) groups is 1. The molecule has 140 valence electrons. The van der Waals surface area contributed by atoms with Crippen molar-refractivity contribution >= 4 is 11.6 Å². The van der Waals surface area contributed by atoms with Crippen LogP contribution in [0.2, 0.25) is 0 Å². The molecule has 2 rings (SSSR count). The zero-order chi connectivity index (χ0) is 19.3. The Labute approximate surface area is 157 Å². The molecule has 0 bridgehead atoms. The summed E-state index contributed by atoms with van der Waals surface area (Å²) in [5, 5.41) is 3.00. The smallest absolute Gasteiger partial charge is 0.268 e. The Bertz CT molecular complexity index is 700. The molecule has 1 saturated heterocycles. The predicted molar refractivity (Wildman–Crippen MR) is 109 cm³/mol. The van der Waals surface area contributed by atoms with Gasteiger partial charge in [0.05, 0.1) is 5.76 Å². The number of carbonyl (C=O) groups excluding carboxylic acids is 1. The van der Waals surface area contributed by atoms with Gasteiger partial charge in [-0.1, -0.05) is 64.6 Å². The maximum absolute atomic E-state index is 13.0. The molecule has 1 amide bonds. The third-order valence-corrected chi connectivity index (χ3v) is 5.12. The molecule has 3 nitrogen and oxygen atoms in total. The maximum Gasteiger partial charge on any atom is 0.268 e. The molecule has 0 aromatic heterocycles. The molecule has 1 aliphatic heterocycles. The van der Waals surface area contributed by atoms with Gasteiger partial charge in [0.25, 0.3) is 5.91 Å². The highest BCUT2D eigenvalue weighted by atomic mass is 16.5. The highest BCUT2D eigenvalue weighted by molar-refractivity contribution is 5.97. The summed E-state index contributed by atoms with van der Waals surface area (Å²) >= 11 is 0. The summed E-state index contributed by atoms with van der Waals surface area (Å²) in [6.07, 6.45) is 6.67. The van der Waals surface area contributed by atoms with Gasteiger partial charge in [0.2, 0.25) is 0 Å². The largest absolute Gasteiger partial charge is 0.482 e. The lowest BCUT2D eigenvalue weighted by Gasteiger charge is -2.31. The standard InChI is InChI=1S/C23H31NO2/c1-7-18(16(2)3)13-14-20-15-21(17(4)5)23(6,26-20)22(25)24-19-11-9-8-10-12-19/h7-14,16-17,21H,1,15H2,2-6H3,(H,24,25)/b18-13+,20-14+. The van der Waals surface area contributed by atoms with Crippen molar-refractivity contribution in [3.8, 4) is 0 Å². The number of hydrogen-bond donors (Lipinski definition) is 1. The summed E-state index contributed by atoms with van der Waals surface area (Å²) in [6.45, 7) is 14.3. The van der Waals surface area contributed by atoms with E-state index in [4.69, 9.17) is 4.74 Å². The van der Waals surface area contributed by atoms with Gasteiger partial charge in [-0.3, -0.25) is 4.79 Å². The first-order valence-electron chi connectivity index (χ1n) is 9.36. The molecule has 0 saturated carbocycles. The lowest BCUT2D eigenvalue weighted by atomic mass is 9.79. The third kappa shape index (κ3) is 4.46. The number of anilines is 1. The monoisotopic (exact) mass is 353 g/mol. The summed E-state index contributed by atoms with van der Waals surface area (Å²) in [4.78, 5) is 13.0. The molecule has 1 fully saturated rings. The van der Waals surface area contributed by atoms with Crippen LogP contribution < -0.4 is 5.32 Å². The molecule has 1 aromatic carbocycles. The van der Waals surface area contributed by atoms with E-state index in [2.05, 4.69) is 39.6 Å². The number of nitrogens with one attached hydrogen (secondary N) is 1. The van der Waals surface area contributed by atoms with E-state index < -0.39 is 5.60 Å². The Kier molecular flexibility index (Phi) is 6.47. The summed E-state index contributed by atoms with van der Waals surface area (Å²) in [5.74, 6) is 1.62. The Morgan fingerprint density at radius 3 is 2.46 bits per heavy atom. The topological polar surface area (TPSA) is 38.3 Å². The fraction of sp³-hybridized carbons (Fsp3) is 0.435. The van der Waals surface area contributed by atoms with Crippen LogP contribution in [0.3, 0.4) is 0 Å². The van der Waals surface area contributed by atoms with Crippen molar-refractivity contribution in [2.24, 2.45) is 17.8 Å². The number of para-hydroxylation sites is 1. The minimum Gasteiger partial charge on any atom is -0.482 e. The first kappa shape index (κ1) is 20.0. The summed E-state index contributed by atoms with van der Waals surface area (Å²) in [7, 11) is 0. The minimum atomic E-state index is -0.879. The first-order valence-corrected chi connectivity index (χ1v) is 9.36. The molecule has 3 heteroatoms. The molecule has 0 radical (unpaired) electrons. The quantitative estimate of drug-likeness (QED) is 0.663. The van der Waals surface area contributed by atoms with Crippen molar-refractivity contribution in [3.05, 3.63) is 66.5 Å². The predicted octanol–water partition coefficient (Wildman–Crippen LogP) is 5.73. The van der Waals surface area contributed by atoms with Gasteiger partial charge in [-0.05, 0) is 42.5 Å². The van der Waals surface area contributed by atoms with Crippen LogP contribution >= 0.6 is 0 Å². The SMILES string of the molecule is C=C/C(=C\C=C1/CC(C(C)C)C(C)(C(=O)Nc2ccccc2)O1)C(C)C. The van der Waals surface area contributed by atoms with E-state index in [1.165, 1.54) is 0 Å². The van der Waals surface area contributed by atoms with E-state index in [-0.39, 0.29) is 11.8 Å². The van der Waals surface area contributed by atoms with Gasteiger partial charge in [0.1, 0.15) is 0 Å². The second kappa shape index (κ2) is 8.39. The van der Waals surface area contributed by atoms with Crippen molar-refractivity contribution in [1.29, 1.82) is 0 Å². The molecular formula is C23H31NO2. The second-order valence-corrected chi connectivity index (χ2v) is 7.74. The molecular weight excluding hydrogens is 322 g/mol. The minimum absolute atomic E-state index is 0.0948. The summed E-state index contributed by atoms with van der Waals surface area (Å²) < 4.78 is 6.20. The number of amides is 1. The van der Waals surface area contributed by atoms with Crippen LogP contribution in [0, 0.1) is 17.8 Å². The van der Waals surface area contributed by atoms with Crippen LogP contribution in [-0.2, 0) is 9.53 Å². The van der Waals surface area contributed by atoms with Crippen LogP contribution in [0.5, 0.6) is 0 Å². The van der Waals surface area contributed by atoms with Crippen LogP contribution in [0.1, 0.15) is 41.0 Å². The Hall–Kier alpha value is -2.29. The van der Waals surface area contributed by atoms with Gasteiger partial charge in [-0.25, -0.2) is 0 Å². The molecule has 1 heterocycles. The average molecular weight is 354 g/mol. The van der Waals surface area contributed by atoms with E-state index >= 15 is 0 Å².